The van der Waals surface area contributed by atoms with Gasteiger partial charge in [-0.15, -0.1) is 0 Å². The lowest BCUT2D eigenvalue weighted by atomic mass is 9.64. The smallest absolute Gasteiger partial charge is 0.138 e. The summed E-state index contributed by atoms with van der Waals surface area (Å²) in [4.78, 5) is 33.8. The van der Waals surface area contributed by atoms with Gasteiger partial charge >= 0.3 is 0 Å². The zero-order valence-corrected chi connectivity index (χ0v) is 32.8. The van der Waals surface area contributed by atoms with Crippen molar-refractivity contribution >= 4 is 44.1 Å². The van der Waals surface area contributed by atoms with Crippen molar-refractivity contribution in [3.05, 3.63) is 216 Å². The number of rotatable bonds is 8. The maximum Gasteiger partial charge on any atom is 0.138 e. The Hall–Kier alpha value is -8.36. The van der Waals surface area contributed by atoms with Gasteiger partial charge in [-0.25, -0.2) is 19.9 Å². The molecule has 0 fully saturated rings. The normalized spacial score (nSPS) is 11.9. The zero-order valence-electron chi connectivity index (χ0n) is 32.8. The Labute approximate surface area is 350 Å². The van der Waals surface area contributed by atoms with Crippen LogP contribution in [0.3, 0.4) is 0 Å². The van der Waals surface area contributed by atoms with E-state index < -0.39 is 5.41 Å². The lowest BCUT2D eigenvalue weighted by Gasteiger charge is -2.37. The molecule has 0 aliphatic heterocycles. The average molecular weight is 785 g/mol. The van der Waals surface area contributed by atoms with Gasteiger partial charge in [-0.05, 0) is 70.8 Å². The fraction of sp³-hybridized carbons (Fsp3) is 0.0189. The summed E-state index contributed by atoms with van der Waals surface area (Å²) in [5.41, 5.74) is 15.5. The molecule has 8 nitrogen and oxygen atoms in total. The van der Waals surface area contributed by atoms with E-state index in [0.29, 0.717) is 0 Å². The number of fused-ring (bicyclic) bond motifs is 4. The summed E-state index contributed by atoms with van der Waals surface area (Å²) in [6, 6.07) is 67.9. The van der Waals surface area contributed by atoms with E-state index in [1.807, 2.05) is 72.8 Å². The molecule has 0 bridgehead atoms. The van der Waals surface area contributed by atoms with Crippen LogP contribution < -0.4 is 0 Å². The molecule has 61 heavy (non-hydrogen) atoms. The number of hydrogen-bond acceptors (Lipinski definition) is 4. The minimum atomic E-state index is -0.752. The van der Waals surface area contributed by atoms with E-state index in [0.717, 1.165) is 112 Å². The third-order valence-corrected chi connectivity index (χ3v) is 11.9. The van der Waals surface area contributed by atoms with Gasteiger partial charge in [0.2, 0.25) is 0 Å². The third-order valence-electron chi connectivity index (χ3n) is 11.9. The van der Waals surface area contributed by atoms with Gasteiger partial charge in [0.1, 0.15) is 23.3 Å². The summed E-state index contributed by atoms with van der Waals surface area (Å²) < 4.78 is 0. The molecule has 288 valence electrons. The van der Waals surface area contributed by atoms with Crippen LogP contribution in [-0.4, -0.2) is 39.9 Å². The molecule has 0 amide bonds. The van der Waals surface area contributed by atoms with E-state index in [-0.39, 0.29) is 0 Å². The number of benzene rings is 8. The van der Waals surface area contributed by atoms with Crippen molar-refractivity contribution in [1.82, 2.24) is 39.9 Å². The molecule has 0 saturated carbocycles. The molecule has 0 saturated heterocycles. The fourth-order valence-electron chi connectivity index (χ4n) is 8.87. The molecule has 4 N–H and O–H groups in total. The molecule has 4 aromatic heterocycles. The first-order chi connectivity index (χ1) is 30.2. The lowest BCUT2D eigenvalue weighted by molar-refractivity contribution is 0.745. The highest BCUT2D eigenvalue weighted by molar-refractivity contribution is 5.83. The van der Waals surface area contributed by atoms with Gasteiger partial charge in [0.05, 0.1) is 49.5 Å². The van der Waals surface area contributed by atoms with Crippen LogP contribution in [0, 0.1) is 0 Å². The quantitative estimate of drug-likeness (QED) is 0.115. The maximum atomic E-state index is 4.93. The minimum Gasteiger partial charge on any atom is -0.338 e. The summed E-state index contributed by atoms with van der Waals surface area (Å²) in [7, 11) is 0. The van der Waals surface area contributed by atoms with Crippen molar-refractivity contribution in [3.8, 4) is 45.6 Å². The van der Waals surface area contributed by atoms with E-state index in [1.165, 1.54) is 0 Å². The molecule has 12 rings (SSSR count). The molecular formula is C53H36N8. The number of H-pyrrole nitrogens is 4. The molecule has 12 aromatic rings. The van der Waals surface area contributed by atoms with Crippen LogP contribution in [0.15, 0.2) is 194 Å². The Kier molecular flexibility index (Phi) is 7.89. The standard InChI is InChI=1S/C53H36N8/c1-2-10-42-41(9-1)54-49(55-42)33-17-25-37(26-18-33)53(38-27-19-34(20-28-38)50-56-43-11-3-4-12-44(43)57-50,39-29-21-35(22-30-39)51-58-45-13-5-6-14-46(45)59-51)40-31-23-36(24-32-40)52-60-47-15-7-8-16-48(47)61-52/h1-32H,(H,54,55)(H,56,57)(H,58,59)(H,60,61). The van der Waals surface area contributed by atoms with Crippen molar-refractivity contribution in [3.63, 3.8) is 0 Å². The molecule has 0 atom stereocenters. The van der Waals surface area contributed by atoms with Crippen molar-refractivity contribution < 1.29 is 0 Å². The highest BCUT2D eigenvalue weighted by atomic mass is 14.9. The van der Waals surface area contributed by atoms with Gasteiger partial charge in [0, 0.05) is 22.3 Å². The van der Waals surface area contributed by atoms with E-state index in [9.17, 15) is 0 Å². The largest absolute Gasteiger partial charge is 0.338 e. The maximum absolute atomic E-state index is 4.93. The van der Waals surface area contributed by atoms with Gasteiger partial charge < -0.3 is 19.9 Å². The molecular weight excluding hydrogens is 749 g/mol. The highest BCUT2D eigenvalue weighted by Crippen LogP contribution is 2.47. The molecule has 4 heterocycles. The number of hydrogen-bond donors (Lipinski definition) is 4. The monoisotopic (exact) mass is 784 g/mol. The van der Waals surface area contributed by atoms with Gasteiger partial charge in [0.25, 0.3) is 0 Å². The summed E-state index contributed by atoms with van der Waals surface area (Å²) in [6.07, 6.45) is 0. The number of aromatic amines is 4. The highest BCUT2D eigenvalue weighted by Gasteiger charge is 2.39. The van der Waals surface area contributed by atoms with E-state index in [4.69, 9.17) is 19.9 Å². The zero-order chi connectivity index (χ0) is 40.3. The second-order valence-electron chi connectivity index (χ2n) is 15.5. The molecule has 0 aliphatic carbocycles. The minimum absolute atomic E-state index is 0.752. The van der Waals surface area contributed by atoms with E-state index in [1.54, 1.807) is 0 Å². The average Bonchev–Trinajstić information content (AvgIpc) is 4.15. The summed E-state index contributed by atoms with van der Waals surface area (Å²) in [5.74, 6) is 3.33. The van der Waals surface area contributed by atoms with E-state index in [2.05, 4.69) is 141 Å². The van der Waals surface area contributed by atoms with Gasteiger partial charge in [-0.3, -0.25) is 0 Å². The molecule has 0 aliphatic rings. The summed E-state index contributed by atoms with van der Waals surface area (Å²) >= 11 is 0. The molecule has 0 radical (unpaired) electrons. The second-order valence-corrected chi connectivity index (χ2v) is 15.5. The lowest BCUT2D eigenvalue weighted by Crippen LogP contribution is -2.31. The Morgan fingerprint density at radius 3 is 0.672 bits per heavy atom. The van der Waals surface area contributed by atoms with Crippen molar-refractivity contribution in [2.24, 2.45) is 0 Å². The number of aromatic nitrogens is 8. The predicted octanol–water partition coefficient (Wildman–Crippen LogP) is 12.2. The number of nitrogens with one attached hydrogen (secondary N) is 4. The van der Waals surface area contributed by atoms with Crippen molar-refractivity contribution in [2.75, 3.05) is 0 Å². The topological polar surface area (TPSA) is 115 Å². The molecule has 0 spiro atoms. The third kappa shape index (κ3) is 5.84. The summed E-state index contributed by atoms with van der Waals surface area (Å²) in [5, 5.41) is 0. The van der Waals surface area contributed by atoms with Crippen LogP contribution >= 0.6 is 0 Å². The number of nitrogens with zero attached hydrogens (tertiary/aromatic N) is 4. The van der Waals surface area contributed by atoms with Crippen LogP contribution in [0.4, 0.5) is 0 Å². The van der Waals surface area contributed by atoms with Crippen LogP contribution in [0.5, 0.6) is 0 Å². The van der Waals surface area contributed by atoms with Gasteiger partial charge in [-0.2, -0.15) is 0 Å². The Morgan fingerprint density at radius 1 is 0.246 bits per heavy atom. The van der Waals surface area contributed by atoms with E-state index >= 15 is 0 Å². The van der Waals surface area contributed by atoms with Crippen molar-refractivity contribution in [1.29, 1.82) is 0 Å². The van der Waals surface area contributed by atoms with Gasteiger partial charge in [0.15, 0.2) is 0 Å². The van der Waals surface area contributed by atoms with Crippen LogP contribution in [-0.2, 0) is 5.41 Å². The van der Waals surface area contributed by atoms with Crippen LogP contribution in [0.25, 0.3) is 89.7 Å². The first kappa shape index (κ1) is 34.7. The van der Waals surface area contributed by atoms with Crippen molar-refractivity contribution in [2.45, 2.75) is 5.41 Å². The van der Waals surface area contributed by atoms with Gasteiger partial charge in [-0.1, -0.05) is 146 Å². The fourth-order valence-corrected chi connectivity index (χ4v) is 8.87. The molecule has 8 heteroatoms. The number of para-hydroxylation sites is 8. The van der Waals surface area contributed by atoms with Crippen LogP contribution in [0.1, 0.15) is 22.3 Å². The second kappa shape index (κ2) is 13.9. The first-order valence-electron chi connectivity index (χ1n) is 20.4. The summed E-state index contributed by atoms with van der Waals surface area (Å²) in [6.45, 7) is 0. The molecule has 0 unspecified atom stereocenters. The Balaban J connectivity index is 1.05. The first-order valence-corrected chi connectivity index (χ1v) is 20.4. The van der Waals surface area contributed by atoms with Crippen LogP contribution in [0.2, 0.25) is 0 Å². The Morgan fingerprint density at radius 2 is 0.459 bits per heavy atom. The SMILES string of the molecule is c1ccc2[nH]c(-c3ccc(C(c4ccc(-c5nc6ccccc6[nH]5)cc4)(c4ccc(-c5nc6ccccc6[nH]5)cc4)c4ccc(-c5nc6ccccc6[nH]5)cc4)cc3)nc2c1. The Bertz CT molecular complexity index is 2910. The predicted molar refractivity (Wildman–Crippen MR) is 245 cm³/mol. The molecule has 8 aromatic carbocycles. The number of imidazole rings is 4.